The van der Waals surface area contributed by atoms with Gasteiger partial charge in [0, 0.05) is 33.3 Å². The maximum absolute atomic E-state index is 4.84. The highest BCUT2D eigenvalue weighted by Gasteiger charge is 2.20. The average Bonchev–Trinajstić information content (AvgIpc) is 3.97. The van der Waals surface area contributed by atoms with Gasteiger partial charge < -0.3 is 4.57 Å². The lowest BCUT2D eigenvalue weighted by Gasteiger charge is -2.16. The van der Waals surface area contributed by atoms with E-state index < -0.39 is 0 Å². The lowest BCUT2D eigenvalue weighted by Crippen LogP contribution is -2.00. The van der Waals surface area contributed by atoms with Crippen LogP contribution in [-0.4, -0.2) is 19.3 Å². The number of benzene rings is 10. The van der Waals surface area contributed by atoms with Crippen molar-refractivity contribution in [3.05, 3.63) is 243 Å². The van der Waals surface area contributed by atoms with Crippen LogP contribution in [0.1, 0.15) is 0 Å². The Balaban J connectivity index is 0.901. The molecule has 0 aliphatic rings. The highest BCUT2D eigenvalue weighted by atomic mass is 15.3. The minimum atomic E-state index is 0.786. The molecule has 0 saturated heterocycles. The third-order valence-electron chi connectivity index (χ3n) is 12.5. The van der Waals surface area contributed by atoms with E-state index in [1.807, 2.05) is 6.07 Å². The summed E-state index contributed by atoms with van der Waals surface area (Å²) < 4.78 is 4.53. The van der Waals surface area contributed by atoms with Crippen LogP contribution in [0.5, 0.6) is 0 Å². The lowest BCUT2D eigenvalue weighted by molar-refractivity contribution is 1.07. The second-order valence-corrected chi connectivity index (χ2v) is 16.2. The van der Waals surface area contributed by atoms with E-state index in [-0.39, 0.29) is 0 Å². The maximum atomic E-state index is 4.84. The Bertz CT molecular complexity index is 3640. The van der Waals surface area contributed by atoms with Crippen LogP contribution >= 0.6 is 0 Å². The zero-order chi connectivity index (χ0) is 42.4. The van der Waals surface area contributed by atoms with E-state index in [0.717, 1.165) is 45.3 Å². The Hall–Kier alpha value is -8.60. The van der Waals surface area contributed by atoms with Gasteiger partial charge in [-0.15, -0.1) is 10.2 Å². The highest BCUT2D eigenvalue weighted by Crippen LogP contribution is 2.41. The molecule has 2 heterocycles. The number of rotatable bonds is 8. The monoisotopic (exact) mass is 816 g/mol. The molecule has 0 aliphatic carbocycles. The minimum absolute atomic E-state index is 0.786. The highest BCUT2D eigenvalue weighted by molar-refractivity contribution is 6.11. The van der Waals surface area contributed by atoms with Crippen LogP contribution < -0.4 is 0 Å². The van der Waals surface area contributed by atoms with E-state index in [2.05, 4.69) is 246 Å². The summed E-state index contributed by atoms with van der Waals surface area (Å²) >= 11 is 0. The molecule has 0 radical (unpaired) electrons. The number of hydrogen-bond donors (Lipinski definition) is 0. The largest absolute Gasteiger partial charge is 0.309 e. The van der Waals surface area contributed by atoms with Crippen molar-refractivity contribution < 1.29 is 0 Å². The molecule has 4 nitrogen and oxygen atoms in total. The lowest BCUT2D eigenvalue weighted by atomic mass is 9.89. The Morgan fingerprint density at radius 2 is 0.703 bits per heavy atom. The predicted molar refractivity (Wildman–Crippen MR) is 266 cm³/mol. The van der Waals surface area contributed by atoms with E-state index in [1.165, 1.54) is 66.0 Å². The van der Waals surface area contributed by atoms with Gasteiger partial charge in [-0.1, -0.05) is 194 Å². The molecular weight excluding hydrogens is 777 g/mol. The molecule has 0 atom stereocenters. The first-order valence-corrected chi connectivity index (χ1v) is 21.7. The fourth-order valence-electron chi connectivity index (χ4n) is 9.39. The van der Waals surface area contributed by atoms with Crippen molar-refractivity contribution in [2.45, 2.75) is 0 Å². The molecule has 0 aliphatic heterocycles. The molecule has 64 heavy (non-hydrogen) atoms. The topological polar surface area (TPSA) is 35.6 Å². The first-order valence-electron chi connectivity index (χ1n) is 21.7. The van der Waals surface area contributed by atoms with Crippen molar-refractivity contribution in [3.63, 3.8) is 0 Å². The van der Waals surface area contributed by atoms with Crippen molar-refractivity contribution in [1.29, 1.82) is 0 Å². The molecule has 0 amide bonds. The van der Waals surface area contributed by atoms with Gasteiger partial charge in [-0.25, -0.2) is 0 Å². The summed E-state index contributed by atoms with van der Waals surface area (Å²) in [5.41, 5.74) is 15.9. The standard InChI is InChI=1S/C60H40N4/c1-3-17-49(18-4-1)63-57-26-14-13-25-55(57)56-40-48(37-38-58(56)63)52-22-10-12-24-54(52)53-23-11-9-21-51(53)43-30-34-45(35-31-43)60-62-61-59(64(60)50-19-5-2-6-20-50)44-32-27-42(28-33-44)47-36-29-41-15-7-8-16-46(41)39-47/h1-40H. The Morgan fingerprint density at radius 1 is 0.250 bits per heavy atom. The van der Waals surface area contributed by atoms with Crippen LogP contribution in [-0.2, 0) is 0 Å². The summed E-state index contributed by atoms with van der Waals surface area (Å²) in [5.74, 6) is 1.58. The van der Waals surface area contributed by atoms with E-state index in [4.69, 9.17) is 10.2 Å². The molecule has 2 aromatic heterocycles. The van der Waals surface area contributed by atoms with E-state index in [9.17, 15) is 0 Å². The van der Waals surface area contributed by atoms with Crippen molar-refractivity contribution in [3.8, 4) is 78.7 Å². The van der Waals surface area contributed by atoms with Gasteiger partial charge in [-0.2, -0.15) is 0 Å². The molecule has 0 unspecified atom stereocenters. The zero-order valence-corrected chi connectivity index (χ0v) is 34.9. The molecule has 0 saturated carbocycles. The fourth-order valence-corrected chi connectivity index (χ4v) is 9.39. The smallest absolute Gasteiger partial charge is 0.168 e. The van der Waals surface area contributed by atoms with Crippen LogP contribution in [0, 0.1) is 0 Å². The second kappa shape index (κ2) is 15.7. The first-order chi connectivity index (χ1) is 31.7. The molecular formula is C60H40N4. The van der Waals surface area contributed by atoms with Gasteiger partial charge in [0.15, 0.2) is 11.6 Å². The quantitative estimate of drug-likeness (QED) is 0.153. The number of aromatic nitrogens is 4. The number of nitrogens with zero attached hydrogens (tertiary/aromatic N) is 4. The number of para-hydroxylation sites is 3. The molecule has 10 aromatic carbocycles. The predicted octanol–water partition coefficient (Wildman–Crippen LogP) is 15.5. The molecule has 0 fully saturated rings. The van der Waals surface area contributed by atoms with Gasteiger partial charge in [-0.3, -0.25) is 4.57 Å². The first kappa shape index (κ1) is 37.2. The summed E-state index contributed by atoms with van der Waals surface area (Å²) in [7, 11) is 0. The molecule has 300 valence electrons. The summed E-state index contributed by atoms with van der Waals surface area (Å²) in [6.07, 6.45) is 0. The molecule has 12 aromatic rings. The normalized spacial score (nSPS) is 11.4. The molecule has 4 heteroatoms. The van der Waals surface area contributed by atoms with E-state index in [0.29, 0.717) is 0 Å². The Labute approximate surface area is 371 Å². The SMILES string of the molecule is c1ccc(-n2c(-c3ccc(-c4ccc5ccccc5c4)cc3)nnc2-c2ccc(-c3ccccc3-c3ccccc3-c3ccc4c(c3)c3ccccc3n4-c3ccccc3)cc2)cc1. The van der Waals surface area contributed by atoms with Crippen molar-refractivity contribution in [2.75, 3.05) is 0 Å². The average molecular weight is 817 g/mol. The minimum Gasteiger partial charge on any atom is -0.309 e. The van der Waals surface area contributed by atoms with Gasteiger partial charge in [-0.05, 0) is 104 Å². The molecule has 0 N–H and O–H groups in total. The fraction of sp³-hybridized carbons (Fsp3) is 0. The van der Waals surface area contributed by atoms with Gasteiger partial charge in [0.05, 0.1) is 11.0 Å². The third-order valence-corrected chi connectivity index (χ3v) is 12.5. The van der Waals surface area contributed by atoms with Crippen LogP contribution in [0.3, 0.4) is 0 Å². The van der Waals surface area contributed by atoms with Gasteiger partial charge in [0.2, 0.25) is 0 Å². The molecule has 0 spiro atoms. The number of hydrogen-bond acceptors (Lipinski definition) is 2. The summed E-state index contributed by atoms with van der Waals surface area (Å²) in [6.45, 7) is 0. The van der Waals surface area contributed by atoms with Gasteiger partial charge in [0.1, 0.15) is 0 Å². The van der Waals surface area contributed by atoms with E-state index in [1.54, 1.807) is 0 Å². The van der Waals surface area contributed by atoms with Crippen LogP contribution in [0.2, 0.25) is 0 Å². The summed E-state index contributed by atoms with van der Waals surface area (Å²) in [6, 6.07) is 86.7. The third kappa shape index (κ3) is 6.48. The molecule has 0 bridgehead atoms. The molecule has 12 rings (SSSR count). The number of fused-ring (bicyclic) bond motifs is 4. The maximum Gasteiger partial charge on any atom is 0.168 e. The van der Waals surface area contributed by atoms with Crippen molar-refractivity contribution in [1.82, 2.24) is 19.3 Å². The summed E-state index contributed by atoms with van der Waals surface area (Å²) in [5, 5.41) is 14.6. The second-order valence-electron chi connectivity index (χ2n) is 16.2. The van der Waals surface area contributed by atoms with E-state index >= 15 is 0 Å². The zero-order valence-electron chi connectivity index (χ0n) is 34.9. The van der Waals surface area contributed by atoms with Gasteiger partial charge >= 0.3 is 0 Å². The Morgan fingerprint density at radius 3 is 1.36 bits per heavy atom. The van der Waals surface area contributed by atoms with Crippen molar-refractivity contribution >= 4 is 32.6 Å². The van der Waals surface area contributed by atoms with Crippen LogP contribution in [0.4, 0.5) is 0 Å². The van der Waals surface area contributed by atoms with Crippen LogP contribution in [0.15, 0.2) is 243 Å². The van der Waals surface area contributed by atoms with Crippen LogP contribution in [0.25, 0.3) is 111 Å². The Kier molecular flexibility index (Phi) is 9.12. The van der Waals surface area contributed by atoms with Gasteiger partial charge in [0.25, 0.3) is 0 Å². The van der Waals surface area contributed by atoms with Crippen molar-refractivity contribution in [2.24, 2.45) is 0 Å². The summed E-state index contributed by atoms with van der Waals surface area (Å²) in [4.78, 5) is 0.